The highest BCUT2D eigenvalue weighted by Crippen LogP contribution is 2.18. The molecule has 0 aliphatic rings. The van der Waals surface area contributed by atoms with Crippen molar-refractivity contribution in [2.24, 2.45) is 0 Å². The Hall–Kier alpha value is -3.41. The largest absolute Gasteiger partial charge is 0.439 e. The summed E-state index contributed by atoms with van der Waals surface area (Å²) >= 11 is 0. The molecule has 6 heteroatoms. The van der Waals surface area contributed by atoms with Gasteiger partial charge in [0.15, 0.2) is 0 Å². The number of ether oxygens (including phenoxy) is 1. The van der Waals surface area contributed by atoms with E-state index < -0.39 is 0 Å². The number of nitrogens with zero attached hydrogens (tertiary/aromatic N) is 3. The van der Waals surface area contributed by atoms with Gasteiger partial charge in [-0.25, -0.2) is 9.97 Å². The van der Waals surface area contributed by atoms with Crippen LogP contribution in [0.3, 0.4) is 0 Å². The Bertz CT molecular complexity index is 847. The molecule has 1 N–H and O–H groups in total. The number of amides is 1. The molecule has 3 aromatic rings. The second kappa shape index (κ2) is 8.11. The molecule has 0 aliphatic carbocycles. The van der Waals surface area contributed by atoms with E-state index in [1.165, 1.54) is 4.90 Å². The van der Waals surface area contributed by atoms with Crippen molar-refractivity contribution in [2.75, 3.05) is 19.4 Å². The Morgan fingerprint density at radius 3 is 2.42 bits per heavy atom. The van der Waals surface area contributed by atoms with Crippen molar-refractivity contribution in [3.8, 4) is 11.6 Å². The molecule has 0 fully saturated rings. The molecule has 132 valence electrons. The first-order chi connectivity index (χ1) is 12.6. The normalized spacial score (nSPS) is 10.2. The third-order valence-electron chi connectivity index (χ3n) is 3.65. The van der Waals surface area contributed by atoms with E-state index >= 15 is 0 Å². The maximum absolute atomic E-state index is 11.8. The van der Waals surface area contributed by atoms with Crippen molar-refractivity contribution in [2.45, 2.75) is 6.54 Å². The third kappa shape index (κ3) is 4.57. The van der Waals surface area contributed by atoms with Crippen LogP contribution in [0.1, 0.15) is 15.9 Å². The summed E-state index contributed by atoms with van der Waals surface area (Å²) in [4.78, 5) is 21.9. The smallest absolute Gasteiger partial charge is 0.254 e. The lowest BCUT2D eigenvalue weighted by molar-refractivity contribution is 0.0827. The lowest BCUT2D eigenvalue weighted by Crippen LogP contribution is -2.21. The average Bonchev–Trinajstić information content (AvgIpc) is 2.68. The van der Waals surface area contributed by atoms with E-state index in [1.54, 1.807) is 38.6 Å². The molecule has 0 saturated carbocycles. The Balaban J connectivity index is 1.55. The highest BCUT2D eigenvalue weighted by atomic mass is 16.5. The van der Waals surface area contributed by atoms with Crippen molar-refractivity contribution in [3.05, 3.63) is 78.1 Å². The highest BCUT2D eigenvalue weighted by Gasteiger charge is 2.08. The lowest BCUT2D eigenvalue weighted by Gasteiger charge is -2.11. The van der Waals surface area contributed by atoms with E-state index in [2.05, 4.69) is 15.3 Å². The molecule has 0 aliphatic heterocycles. The van der Waals surface area contributed by atoms with Crippen molar-refractivity contribution in [3.63, 3.8) is 0 Å². The minimum Gasteiger partial charge on any atom is -0.439 e. The van der Waals surface area contributed by atoms with Crippen LogP contribution < -0.4 is 10.1 Å². The number of carbonyl (C=O) groups excluding carboxylic acids is 1. The summed E-state index contributed by atoms with van der Waals surface area (Å²) in [7, 11) is 3.43. The molecule has 0 unspecified atom stereocenters. The van der Waals surface area contributed by atoms with Crippen LogP contribution >= 0.6 is 0 Å². The number of pyridine rings is 2. The van der Waals surface area contributed by atoms with E-state index in [1.807, 2.05) is 42.5 Å². The van der Waals surface area contributed by atoms with E-state index in [0.29, 0.717) is 23.8 Å². The number of para-hydroxylation sites is 1. The molecule has 26 heavy (non-hydrogen) atoms. The van der Waals surface area contributed by atoms with Crippen LogP contribution in [-0.2, 0) is 6.54 Å². The van der Waals surface area contributed by atoms with E-state index in [-0.39, 0.29) is 5.91 Å². The van der Waals surface area contributed by atoms with Crippen LogP contribution in [-0.4, -0.2) is 34.9 Å². The zero-order chi connectivity index (χ0) is 18.4. The van der Waals surface area contributed by atoms with Crippen molar-refractivity contribution in [1.29, 1.82) is 0 Å². The van der Waals surface area contributed by atoms with Crippen molar-refractivity contribution in [1.82, 2.24) is 14.9 Å². The van der Waals surface area contributed by atoms with Gasteiger partial charge in [-0.1, -0.05) is 24.3 Å². The molecular weight excluding hydrogens is 328 g/mol. The zero-order valence-electron chi connectivity index (χ0n) is 14.7. The molecule has 0 spiro atoms. The summed E-state index contributed by atoms with van der Waals surface area (Å²) in [5, 5.41) is 3.21. The molecular formula is C20H20N4O2. The topological polar surface area (TPSA) is 67.4 Å². The first kappa shape index (κ1) is 17.4. The SMILES string of the molecule is CN(C)C(=O)c1ccc(NCc2ccc(Oc3ccccc3)nc2)nc1. The summed E-state index contributed by atoms with van der Waals surface area (Å²) in [5.41, 5.74) is 1.56. The first-order valence-electron chi connectivity index (χ1n) is 8.21. The Morgan fingerprint density at radius 1 is 1.00 bits per heavy atom. The molecule has 0 bridgehead atoms. The predicted molar refractivity (Wildman–Crippen MR) is 100 cm³/mol. The summed E-state index contributed by atoms with van der Waals surface area (Å²) < 4.78 is 5.67. The van der Waals surface area contributed by atoms with Crippen LogP contribution in [0.25, 0.3) is 0 Å². The number of hydrogen-bond acceptors (Lipinski definition) is 5. The summed E-state index contributed by atoms with van der Waals surface area (Å²) in [5.74, 6) is 1.93. The number of carbonyl (C=O) groups is 1. The second-order valence-corrected chi connectivity index (χ2v) is 5.91. The van der Waals surface area contributed by atoms with Gasteiger partial charge in [-0.05, 0) is 29.8 Å². The van der Waals surface area contributed by atoms with Gasteiger partial charge in [0, 0.05) is 39.1 Å². The van der Waals surface area contributed by atoms with Crippen molar-refractivity contribution >= 4 is 11.7 Å². The van der Waals surface area contributed by atoms with Gasteiger partial charge in [0.25, 0.3) is 5.91 Å². The van der Waals surface area contributed by atoms with Crippen LogP contribution in [0.4, 0.5) is 5.82 Å². The van der Waals surface area contributed by atoms with E-state index in [9.17, 15) is 4.79 Å². The number of nitrogens with one attached hydrogen (secondary N) is 1. The van der Waals surface area contributed by atoms with Gasteiger partial charge < -0.3 is 15.0 Å². The van der Waals surface area contributed by atoms with Crippen LogP contribution in [0, 0.1) is 0 Å². The van der Waals surface area contributed by atoms with Gasteiger partial charge in [-0.3, -0.25) is 4.79 Å². The second-order valence-electron chi connectivity index (χ2n) is 5.91. The fraction of sp³-hybridized carbons (Fsp3) is 0.150. The minimum absolute atomic E-state index is 0.0674. The Labute approximate surface area is 152 Å². The molecule has 3 rings (SSSR count). The van der Waals surface area contributed by atoms with Gasteiger partial charge in [0.2, 0.25) is 5.88 Å². The predicted octanol–water partition coefficient (Wildman–Crippen LogP) is 3.58. The third-order valence-corrected chi connectivity index (χ3v) is 3.65. The molecule has 1 amide bonds. The fourth-order valence-electron chi connectivity index (χ4n) is 2.26. The minimum atomic E-state index is -0.0674. The number of anilines is 1. The summed E-state index contributed by atoms with van der Waals surface area (Å²) in [6.07, 6.45) is 3.33. The van der Waals surface area contributed by atoms with Crippen molar-refractivity contribution < 1.29 is 9.53 Å². The summed E-state index contributed by atoms with van der Waals surface area (Å²) in [6, 6.07) is 16.9. The molecule has 2 aromatic heterocycles. The maximum atomic E-state index is 11.8. The van der Waals surface area contributed by atoms with Gasteiger partial charge >= 0.3 is 0 Å². The Morgan fingerprint density at radius 2 is 1.81 bits per heavy atom. The van der Waals surface area contributed by atoms with E-state index in [0.717, 1.165) is 11.3 Å². The van der Waals surface area contributed by atoms with E-state index in [4.69, 9.17) is 4.74 Å². The average molecular weight is 348 g/mol. The molecule has 0 radical (unpaired) electrons. The summed E-state index contributed by atoms with van der Waals surface area (Å²) in [6.45, 7) is 0.576. The molecule has 2 heterocycles. The molecule has 6 nitrogen and oxygen atoms in total. The van der Waals surface area contributed by atoms with Crippen LogP contribution in [0.15, 0.2) is 67.0 Å². The Kier molecular flexibility index (Phi) is 5.43. The number of benzene rings is 1. The monoisotopic (exact) mass is 348 g/mol. The zero-order valence-corrected chi connectivity index (χ0v) is 14.7. The molecule has 0 saturated heterocycles. The van der Waals surface area contributed by atoms with Gasteiger partial charge in [-0.15, -0.1) is 0 Å². The fourth-order valence-corrected chi connectivity index (χ4v) is 2.26. The first-order valence-corrected chi connectivity index (χ1v) is 8.21. The van der Waals surface area contributed by atoms with Gasteiger partial charge in [0.1, 0.15) is 11.6 Å². The standard InChI is InChI=1S/C20H20N4O2/c1-24(2)20(25)16-9-10-18(22-14-16)21-12-15-8-11-19(23-13-15)26-17-6-4-3-5-7-17/h3-11,13-14H,12H2,1-2H3,(H,21,22). The molecule has 1 aromatic carbocycles. The lowest BCUT2D eigenvalue weighted by atomic mass is 10.2. The quantitative estimate of drug-likeness (QED) is 0.737. The molecule has 0 atom stereocenters. The highest BCUT2D eigenvalue weighted by molar-refractivity contribution is 5.93. The van der Waals surface area contributed by atoms with Crippen LogP contribution in [0.2, 0.25) is 0 Å². The number of rotatable bonds is 6. The van der Waals surface area contributed by atoms with Gasteiger partial charge in [-0.2, -0.15) is 0 Å². The van der Waals surface area contributed by atoms with Gasteiger partial charge in [0.05, 0.1) is 5.56 Å². The number of aromatic nitrogens is 2. The van der Waals surface area contributed by atoms with Crippen LogP contribution in [0.5, 0.6) is 11.6 Å². The number of hydrogen-bond donors (Lipinski definition) is 1. The maximum Gasteiger partial charge on any atom is 0.254 e.